The molecule has 0 fully saturated rings. The molecule has 0 bridgehead atoms. The number of rotatable bonds is 5. The van der Waals surface area contributed by atoms with E-state index in [1.54, 1.807) is 30.7 Å². The zero-order valence-electron chi connectivity index (χ0n) is 16.7. The van der Waals surface area contributed by atoms with Crippen LogP contribution in [0.2, 0.25) is 5.02 Å². The van der Waals surface area contributed by atoms with Crippen LogP contribution in [0.1, 0.15) is 5.56 Å². The Morgan fingerprint density at radius 1 is 0.969 bits per heavy atom. The molecule has 157 valence electrons. The summed E-state index contributed by atoms with van der Waals surface area (Å²) in [5.74, 6) is 0.123. The number of hydrogen-bond acceptors (Lipinski definition) is 5. The van der Waals surface area contributed by atoms with E-state index in [0.29, 0.717) is 28.8 Å². The van der Waals surface area contributed by atoms with E-state index in [2.05, 4.69) is 32.4 Å². The molecule has 5 rings (SSSR count). The zero-order chi connectivity index (χ0) is 22.1. The molecule has 3 aromatic heterocycles. The van der Waals surface area contributed by atoms with Gasteiger partial charge in [0.2, 0.25) is 5.82 Å². The molecule has 0 N–H and O–H groups in total. The summed E-state index contributed by atoms with van der Waals surface area (Å²) in [5, 5.41) is 12.6. The van der Waals surface area contributed by atoms with E-state index in [1.165, 1.54) is 12.1 Å². The van der Waals surface area contributed by atoms with Gasteiger partial charge in [-0.3, -0.25) is 4.98 Å². The summed E-state index contributed by atoms with van der Waals surface area (Å²) in [6, 6.07) is 17.5. The maximum atomic E-state index is 13.6. The Morgan fingerprint density at radius 2 is 1.78 bits per heavy atom. The first-order valence-electron chi connectivity index (χ1n) is 9.70. The summed E-state index contributed by atoms with van der Waals surface area (Å²) in [6.45, 7) is 0.496. The van der Waals surface area contributed by atoms with E-state index in [0.717, 1.165) is 27.2 Å². The summed E-state index contributed by atoms with van der Waals surface area (Å²) in [7, 11) is 3.62. The van der Waals surface area contributed by atoms with Crippen LogP contribution in [0.4, 0.5) is 4.39 Å². The highest BCUT2D eigenvalue weighted by molar-refractivity contribution is 6.31. The van der Waals surface area contributed by atoms with Crippen molar-refractivity contribution in [3.63, 3.8) is 0 Å². The van der Waals surface area contributed by atoms with Crippen LogP contribution in [0.25, 0.3) is 34.0 Å². The van der Waals surface area contributed by atoms with E-state index in [9.17, 15) is 4.39 Å². The average Bonchev–Trinajstić information content (AvgIpc) is 3.43. The minimum atomic E-state index is -0.310. The lowest BCUT2D eigenvalue weighted by Gasteiger charge is -2.12. The van der Waals surface area contributed by atoms with Gasteiger partial charge in [-0.1, -0.05) is 29.8 Å². The van der Waals surface area contributed by atoms with E-state index < -0.39 is 0 Å². The predicted molar refractivity (Wildman–Crippen MR) is 119 cm³/mol. The van der Waals surface area contributed by atoms with Crippen LogP contribution in [-0.4, -0.2) is 34.7 Å². The van der Waals surface area contributed by atoms with Crippen LogP contribution in [0.5, 0.6) is 0 Å². The van der Waals surface area contributed by atoms with Gasteiger partial charge in [0.1, 0.15) is 11.5 Å². The number of tetrazole rings is 1. The third-order valence-electron chi connectivity index (χ3n) is 4.97. The molecule has 1 radical (unpaired) electrons. The third kappa shape index (κ3) is 3.88. The van der Waals surface area contributed by atoms with Gasteiger partial charge in [-0.05, 0) is 53.2 Å². The van der Waals surface area contributed by atoms with E-state index in [1.807, 2.05) is 34.9 Å². The van der Waals surface area contributed by atoms with Crippen LogP contribution in [0.3, 0.4) is 0 Å². The molecule has 2 aromatic carbocycles. The van der Waals surface area contributed by atoms with Crippen molar-refractivity contribution in [1.29, 1.82) is 0 Å². The van der Waals surface area contributed by atoms with Gasteiger partial charge in [-0.25, -0.2) is 9.37 Å². The number of imidazole rings is 1. The Kier molecular flexibility index (Phi) is 5.20. The van der Waals surface area contributed by atoms with Crippen LogP contribution >= 0.6 is 11.6 Å². The van der Waals surface area contributed by atoms with Gasteiger partial charge in [-0.2, -0.15) is 4.80 Å². The number of pyridine rings is 1. The fourth-order valence-electron chi connectivity index (χ4n) is 3.47. The molecule has 3 heterocycles. The molecule has 7 nitrogen and oxygen atoms in total. The van der Waals surface area contributed by atoms with E-state index >= 15 is 0 Å². The summed E-state index contributed by atoms with van der Waals surface area (Å²) >= 11 is 6.39. The number of hydrogen-bond donors (Lipinski definition) is 0. The number of nitrogens with zero attached hydrogens (tertiary/aromatic N) is 7. The molecule has 0 aliphatic rings. The second kappa shape index (κ2) is 8.32. The standard InChI is InChI=1S/C23H16ClFN7/c1-31-29-23(28-30-31)16-10-11-26-20(12-16)21-22(15-6-8-18(25)9-7-15)32(14-27-21)13-17-4-2-3-5-19(17)24/h2-12,14H,1,13H2. The Hall–Kier alpha value is -3.91. The summed E-state index contributed by atoms with van der Waals surface area (Å²) in [5.41, 5.74) is 4.55. The maximum Gasteiger partial charge on any atom is 0.205 e. The molecule has 0 spiro atoms. The van der Waals surface area contributed by atoms with Crippen LogP contribution in [0.15, 0.2) is 73.2 Å². The molecule has 0 aliphatic carbocycles. The molecule has 0 saturated heterocycles. The lowest BCUT2D eigenvalue weighted by Crippen LogP contribution is -2.02. The minimum absolute atomic E-state index is 0.310. The van der Waals surface area contributed by atoms with Crippen molar-refractivity contribution in [1.82, 2.24) is 34.7 Å². The zero-order valence-corrected chi connectivity index (χ0v) is 17.5. The molecular formula is C23H16ClFN7. The van der Waals surface area contributed by atoms with Gasteiger partial charge in [0, 0.05) is 22.3 Å². The quantitative estimate of drug-likeness (QED) is 0.391. The maximum absolute atomic E-state index is 13.6. The molecule has 0 unspecified atom stereocenters. The summed E-state index contributed by atoms with van der Waals surface area (Å²) in [6.07, 6.45) is 3.40. The predicted octanol–water partition coefficient (Wildman–Crippen LogP) is 4.75. The van der Waals surface area contributed by atoms with Gasteiger partial charge >= 0.3 is 0 Å². The number of benzene rings is 2. The van der Waals surface area contributed by atoms with Gasteiger partial charge < -0.3 is 4.57 Å². The van der Waals surface area contributed by atoms with Crippen molar-refractivity contribution < 1.29 is 4.39 Å². The molecule has 5 aromatic rings. The molecular weight excluding hydrogens is 429 g/mol. The van der Waals surface area contributed by atoms with Crippen molar-refractivity contribution in [2.75, 3.05) is 0 Å². The lowest BCUT2D eigenvalue weighted by molar-refractivity contribution is 0.628. The Morgan fingerprint density at radius 3 is 2.53 bits per heavy atom. The van der Waals surface area contributed by atoms with Crippen molar-refractivity contribution >= 4 is 11.6 Å². The molecule has 9 heteroatoms. The topological polar surface area (TPSA) is 74.3 Å². The average molecular weight is 445 g/mol. The minimum Gasteiger partial charge on any atom is -0.325 e. The van der Waals surface area contributed by atoms with Gasteiger partial charge in [0.05, 0.1) is 31.3 Å². The second-order valence-corrected chi connectivity index (χ2v) is 7.49. The smallest absolute Gasteiger partial charge is 0.205 e. The van der Waals surface area contributed by atoms with Gasteiger partial charge in [0.15, 0.2) is 0 Å². The van der Waals surface area contributed by atoms with Crippen LogP contribution in [0, 0.1) is 12.9 Å². The lowest BCUT2D eigenvalue weighted by atomic mass is 10.1. The highest BCUT2D eigenvalue weighted by atomic mass is 35.5. The van der Waals surface area contributed by atoms with Gasteiger partial charge in [-0.15, -0.1) is 10.2 Å². The highest BCUT2D eigenvalue weighted by Crippen LogP contribution is 2.33. The second-order valence-electron chi connectivity index (χ2n) is 7.08. The third-order valence-corrected chi connectivity index (χ3v) is 5.34. The molecule has 0 aliphatic heterocycles. The summed E-state index contributed by atoms with van der Waals surface area (Å²) < 4.78 is 15.6. The fourth-order valence-corrected chi connectivity index (χ4v) is 3.66. The van der Waals surface area contributed by atoms with Crippen molar-refractivity contribution in [3.05, 3.63) is 96.6 Å². The number of aromatic nitrogens is 7. The Labute approximate surface area is 188 Å². The fraction of sp³-hybridized carbons (Fsp3) is 0.0435. The van der Waals surface area contributed by atoms with Gasteiger partial charge in [0.25, 0.3) is 0 Å². The normalized spacial score (nSPS) is 11.1. The highest BCUT2D eigenvalue weighted by Gasteiger charge is 2.18. The molecule has 0 saturated carbocycles. The van der Waals surface area contributed by atoms with Crippen molar-refractivity contribution in [2.24, 2.45) is 0 Å². The van der Waals surface area contributed by atoms with Crippen LogP contribution in [-0.2, 0) is 6.54 Å². The monoisotopic (exact) mass is 444 g/mol. The molecule has 0 amide bonds. The Balaban J connectivity index is 1.63. The Bertz CT molecular complexity index is 1390. The van der Waals surface area contributed by atoms with E-state index in [4.69, 9.17) is 11.6 Å². The van der Waals surface area contributed by atoms with Crippen LogP contribution < -0.4 is 0 Å². The first kappa shape index (κ1) is 20.0. The van der Waals surface area contributed by atoms with Crippen molar-refractivity contribution in [2.45, 2.75) is 6.54 Å². The SMILES string of the molecule is [CH2]n1nnc(-c2ccnc(-c3ncn(Cc4ccccc4Cl)c3-c3ccc(F)cc3)c2)n1. The number of halogens is 2. The first-order valence-corrected chi connectivity index (χ1v) is 10.1. The largest absolute Gasteiger partial charge is 0.325 e. The molecule has 0 atom stereocenters. The van der Waals surface area contributed by atoms with Crippen molar-refractivity contribution in [3.8, 4) is 34.0 Å². The first-order chi connectivity index (χ1) is 15.6. The molecule has 32 heavy (non-hydrogen) atoms. The van der Waals surface area contributed by atoms with E-state index in [-0.39, 0.29) is 5.82 Å². The summed E-state index contributed by atoms with van der Waals surface area (Å²) in [4.78, 5) is 10.3.